The SMILES string of the molecule is O=C1CC[C@@H](c2coc3ccc4cc(OCCNC5CCCCC5)ccc4c23)C(=O)N1. The summed E-state index contributed by atoms with van der Waals surface area (Å²) < 4.78 is 11.7. The summed E-state index contributed by atoms with van der Waals surface area (Å²) >= 11 is 0. The van der Waals surface area contributed by atoms with E-state index in [0.29, 0.717) is 25.5 Å². The maximum atomic E-state index is 12.4. The van der Waals surface area contributed by atoms with Crippen molar-refractivity contribution in [3.8, 4) is 5.75 Å². The van der Waals surface area contributed by atoms with Gasteiger partial charge in [-0.2, -0.15) is 0 Å². The van der Waals surface area contributed by atoms with Crippen molar-refractivity contribution < 1.29 is 18.7 Å². The molecule has 0 radical (unpaired) electrons. The van der Waals surface area contributed by atoms with Crippen LogP contribution in [-0.4, -0.2) is 31.0 Å². The molecule has 1 aromatic heterocycles. The normalized spacial score (nSPS) is 20.3. The fraction of sp³-hybridized carbons (Fsp3) is 0.440. The van der Waals surface area contributed by atoms with Crippen molar-refractivity contribution in [2.75, 3.05) is 13.2 Å². The summed E-state index contributed by atoms with van der Waals surface area (Å²) in [7, 11) is 0. The van der Waals surface area contributed by atoms with E-state index < -0.39 is 0 Å². The van der Waals surface area contributed by atoms with Gasteiger partial charge in [-0.05, 0) is 54.3 Å². The summed E-state index contributed by atoms with van der Waals surface area (Å²) in [4.78, 5) is 23.9. The average Bonchev–Trinajstić information content (AvgIpc) is 3.21. The Balaban J connectivity index is 1.33. The molecule has 2 aromatic carbocycles. The first-order chi connectivity index (χ1) is 15.2. The van der Waals surface area contributed by atoms with Crippen LogP contribution >= 0.6 is 0 Å². The number of imide groups is 1. The zero-order valence-electron chi connectivity index (χ0n) is 17.6. The number of ether oxygens (including phenoxy) is 1. The van der Waals surface area contributed by atoms with Gasteiger partial charge in [-0.15, -0.1) is 0 Å². The number of rotatable bonds is 6. The number of furan rings is 1. The summed E-state index contributed by atoms with van der Waals surface area (Å²) in [6.07, 6.45) is 9.06. The Morgan fingerprint density at radius 1 is 1.06 bits per heavy atom. The van der Waals surface area contributed by atoms with E-state index in [4.69, 9.17) is 9.15 Å². The molecule has 1 saturated heterocycles. The van der Waals surface area contributed by atoms with E-state index in [2.05, 4.69) is 10.6 Å². The van der Waals surface area contributed by atoms with Crippen molar-refractivity contribution >= 4 is 33.6 Å². The molecule has 1 saturated carbocycles. The highest BCUT2D eigenvalue weighted by atomic mass is 16.5. The lowest BCUT2D eigenvalue weighted by molar-refractivity contribution is -0.134. The van der Waals surface area contributed by atoms with Crippen LogP contribution in [-0.2, 0) is 9.59 Å². The first-order valence-electron chi connectivity index (χ1n) is 11.3. The molecular weight excluding hydrogens is 392 g/mol. The molecule has 1 aliphatic carbocycles. The van der Waals surface area contributed by atoms with E-state index in [9.17, 15) is 9.59 Å². The first kappa shape index (κ1) is 20.1. The molecule has 162 valence electrons. The van der Waals surface area contributed by atoms with E-state index in [0.717, 1.165) is 39.6 Å². The van der Waals surface area contributed by atoms with Crippen LogP contribution < -0.4 is 15.4 Å². The Kier molecular flexibility index (Phi) is 5.64. The van der Waals surface area contributed by atoms with Gasteiger partial charge in [0.05, 0.1) is 12.2 Å². The van der Waals surface area contributed by atoms with Gasteiger partial charge >= 0.3 is 0 Å². The second-order valence-corrected chi connectivity index (χ2v) is 8.65. The van der Waals surface area contributed by atoms with Crippen LogP contribution in [0.15, 0.2) is 41.0 Å². The number of piperidine rings is 1. The van der Waals surface area contributed by atoms with E-state index in [1.165, 1.54) is 32.1 Å². The van der Waals surface area contributed by atoms with Gasteiger partial charge < -0.3 is 14.5 Å². The minimum Gasteiger partial charge on any atom is -0.492 e. The van der Waals surface area contributed by atoms with Crippen LogP contribution in [0.5, 0.6) is 5.75 Å². The standard InChI is InChI=1S/C25H28N2O4/c28-23-11-9-20(25(29)27-23)21-15-31-22-10-6-16-14-18(7-8-19(16)24(21)22)30-13-12-26-17-4-2-1-3-5-17/h6-8,10,14-15,17,20,26H,1-5,9,11-13H2,(H,27,28,29)/t20-/m0/s1. The monoisotopic (exact) mass is 420 g/mol. The molecule has 6 heteroatoms. The molecule has 2 fully saturated rings. The Bertz CT molecular complexity index is 1110. The molecule has 3 aromatic rings. The van der Waals surface area contributed by atoms with Gasteiger partial charge in [0, 0.05) is 30.0 Å². The zero-order valence-corrected chi connectivity index (χ0v) is 17.6. The van der Waals surface area contributed by atoms with Crippen molar-refractivity contribution in [1.29, 1.82) is 0 Å². The molecule has 31 heavy (non-hydrogen) atoms. The molecule has 6 nitrogen and oxygen atoms in total. The number of nitrogens with one attached hydrogen (secondary N) is 2. The predicted molar refractivity (Wildman–Crippen MR) is 119 cm³/mol. The maximum Gasteiger partial charge on any atom is 0.234 e. The van der Waals surface area contributed by atoms with Crippen molar-refractivity contribution in [1.82, 2.24) is 10.6 Å². The molecule has 0 spiro atoms. The summed E-state index contributed by atoms with van der Waals surface area (Å²) in [6, 6.07) is 10.6. The van der Waals surface area contributed by atoms with Gasteiger partial charge in [-0.25, -0.2) is 0 Å². The van der Waals surface area contributed by atoms with Gasteiger partial charge in [0.1, 0.15) is 17.9 Å². The van der Waals surface area contributed by atoms with Crippen LogP contribution in [0.2, 0.25) is 0 Å². The highest BCUT2D eigenvalue weighted by molar-refractivity contribution is 6.10. The average molecular weight is 421 g/mol. The van der Waals surface area contributed by atoms with Crippen molar-refractivity contribution in [3.63, 3.8) is 0 Å². The number of carbonyl (C=O) groups excluding carboxylic acids is 2. The quantitative estimate of drug-likeness (QED) is 0.456. The van der Waals surface area contributed by atoms with E-state index in [1.54, 1.807) is 6.26 Å². The highest BCUT2D eigenvalue weighted by Crippen LogP contribution is 2.37. The Labute approximate surface area is 181 Å². The molecule has 1 aliphatic heterocycles. The van der Waals surface area contributed by atoms with Crippen molar-refractivity contribution in [2.45, 2.75) is 56.9 Å². The second-order valence-electron chi connectivity index (χ2n) is 8.65. The van der Waals surface area contributed by atoms with Crippen molar-refractivity contribution in [3.05, 3.63) is 42.2 Å². The first-order valence-corrected chi connectivity index (χ1v) is 11.3. The summed E-state index contributed by atoms with van der Waals surface area (Å²) in [6.45, 7) is 1.49. The van der Waals surface area contributed by atoms with Gasteiger partial charge in [-0.1, -0.05) is 25.3 Å². The predicted octanol–water partition coefficient (Wildman–Crippen LogP) is 4.41. The van der Waals surface area contributed by atoms with Gasteiger partial charge in [0.25, 0.3) is 0 Å². The number of carbonyl (C=O) groups is 2. The third kappa shape index (κ3) is 4.17. The van der Waals surface area contributed by atoms with Crippen LogP contribution in [0.3, 0.4) is 0 Å². The number of benzene rings is 2. The third-order valence-corrected chi connectivity index (χ3v) is 6.58. The zero-order chi connectivity index (χ0) is 21.2. The molecule has 2 N–H and O–H groups in total. The van der Waals surface area contributed by atoms with E-state index in [-0.39, 0.29) is 17.7 Å². The fourth-order valence-corrected chi connectivity index (χ4v) is 4.94. The summed E-state index contributed by atoms with van der Waals surface area (Å²) in [5, 5.41) is 9.06. The molecule has 2 heterocycles. The Hall–Kier alpha value is -2.86. The van der Waals surface area contributed by atoms with Crippen LogP contribution in [0.4, 0.5) is 0 Å². The number of fused-ring (bicyclic) bond motifs is 3. The van der Waals surface area contributed by atoms with E-state index >= 15 is 0 Å². The smallest absolute Gasteiger partial charge is 0.234 e. The van der Waals surface area contributed by atoms with Crippen LogP contribution in [0, 0.1) is 0 Å². The summed E-state index contributed by atoms with van der Waals surface area (Å²) in [5.41, 5.74) is 1.59. The third-order valence-electron chi connectivity index (χ3n) is 6.58. The van der Waals surface area contributed by atoms with E-state index in [1.807, 2.05) is 30.3 Å². The summed E-state index contributed by atoms with van der Waals surface area (Å²) in [5.74, 6) is 0.00901. The highest BCUT2D eigenvalue weighted by Gasteiger charge is 2.31. The second kappa shape index (κ2) is 8.71. The van der Waals surface area contributed by atoms with Gasteiger partial charge in [0.2, 0.25) is 11.8 Å². The minimum atomic E-state index is -0.369. The van der Waals surface area contributed by atoms with Crippen LogP contribution in [0.25, 0.3) is 21.7 Å². The number of amides is 2. The number of hydrogen-bond donors (Lipinski definition) is 2. The number of hydrogen-bond acceptors (Lipinski definition) is 5. The Morgan fingerprint density at radius 3 is 2.77 bits per heavy atom. The largest absolute Gasteiger partial charge is 0.492 e. The molecule has 5 rings (SSSR count). The molecule has 2 amide bonds. The van der Waals surface area contributed by atoms with Gasteiger partial charge in [0.15, 0.2) is 0 Å². The lowest BCUT2D eigenvalue weighted by atomic mass is 9.89. The molecule has 0 unspecified atom stereocenters. The lowest BCUT2D eigenvalue weighted by Gasteiger charge is -2.22. The molecule has 1 atom stereocenters. The Morgan fingerprint density at radius 2 is 1.94 bits per heavy atom. The fourth-order valence-electron chi connectivity index (χ4n) is 4.94. The van der Waals surface area contributed by atoms with Gasteiger partial charge in [-0.3, -0.25) is 14.9 Å². The minimum absolute atomic E-state index is 0.210. The topological polar surface area (TPSA) is 80.6 Å². The molecule has 2 aliphatic rings. The molecular formula is C25H28N2O4. The van der Waals surface area contributed by atoms with Crippen molar-refractivity contribution in [2.24, 2.45) is 0 Å². The molecule has 0 bridgehead atoms. The lowest BCUT2D eigenvalue weighted by Crippen LogP contribution is -2.39. The maximum absolute atomic E-state index is 12.4. The van der Waals surface area contributed by atoms with Crippen LogP contribution in [0.1, 0.15) is 56.4 Å².